The third kappa shape index (κ3) is 4.87. The molecule has 1 fully saturated rings. The highest BCUT2D eigenvalue weighted by molar-refractivity contribution is 5.78. The van der Waals surface area contributed by atoms with Crippen LogP contribution in [-0.2, 0) is 28.0 Å². The summed E-state index contributed by atoms with van der Waals surface area (Å²) in [6.45, 7) is 6.69. The predicted octanol–water partition coefficient (Wildman–Crippen LogP) is 6.88. The standard InChI is InChI=1S/C31H34FNO4/c1-30(2,3)28(36-4)25-12-19(7-10-24(25)21-13-22(32)17-33-16-21)18-37-23-9-8-20-6-5-11-31(26(20)14-23)15-27(31)29(34)35/h7-10,12-14,16-17,27-28H,5-6,11,15,18H2,1-4H3,(H,34,35)/t27-,28-,31-/m0/s1. The van der Waals surface area contributed by atoms with Crippen LogP contribution < -0.4 is 4.74 Å². The van der Waals surface area contributed by atoms with Gasteiger partial charge in [0.15, 0.2) is 0 Å². The Morgan fingerprint density at radius 1 is 1.19 bits per heavy atom. The molecule has 2 aliphatic rings. The van der Waals surface area contributed by atoms with Gasteiger partial charge in [0, 0.05) is 24.3 Å². The number of halogens is 1. The van der Waals surface area contributed by atoms with E-state index in [-0.39, 0.29) is 28.7 Å². The zero-order chi connectivity index (χ0) is 26.4. The second-order valence-corrected chi connectivity index (χ2v) is 11.5. The van der Waals surface area contributed by atoms with Crippen molar-refractivity contribution in [2.45, 2.75) is 64.6 Å². The lowest BCUT2D eigenvalue weighted by atomic mass is 9.78. The van der Waals surface area contributed by atoms with Crippen molar-refractivity contribution >= 4 is 5.97 Å². The van der Waals surface area contributed by atoms with Crippen LogP contribution in [0.2, 0.25) is 0 Å². The molecule has 2 aromatic carbocycles. The average molecular weight is 504 g/mol. The third-order valence-corrected chi connectivity index (χ3v) is 7.90. The number of hydrogen-bond acceptors (Lipinski definition) is 4. The molecule has 1 spiro atoms. The van der Waals surface area contributed by atoms with Gasteiger partial charge in [-0.05, 0) is 83.2 Å². The molecule has 1 saturated carbocycles. The van der Waals surface area contributed by atoms with E-state index in [0.717, 1.165) is 47.3 Å². The summed E-state index contributed by atoms with van der Waals surface area (Å²) < 4.78 is 26.2. The normalized spacial score (nSPS) is 21.4. The topological polar surface area (TPSA) is 68.7 Å². The largest absolute Gasteiger partial charge is 0.489 e. The molecule has 2 aliphatic carbocycles. The minimum atomic E-state index is -0.702. The van der Waals surface area contributed by atoms with Crippen molar-refractivity contribution in [3.63, 3.8) is 0 Å². The van der Waals surface area contributed by atoms with Crippen molar-refractivity contribution < 1.29 is 23.8 Å². The number of ether oxygens (including phenoxy) is 2. The van der Waals surface area contributed by atoms with E-state index in [0.29, 0.717) is 18.6 Å². The van der Waals surface area contributed by atoms with Gasteiger partial charge < -0.3 is 14.6 Å². The van der Waals surface area contributed by atoms with Crippen LogP contribution in [0, 0.1) is 17.2 Å². The van der Waals surface area contributed by atoms with Crippen LogP contribution >= 0.6 is 0 Å². The number of rotatable bonds is 7. The summed E-state index contributed by atoms with van der Waals surface area (Å²) in [5.74, 6) is -0.633. The van der Waals surface area contributed by atoms with Crippen LogP contribution in [0.5, 0.6) is 5.75 Å². The number of methoxy groups -OCH3 is 1. The van der Waals surface area contributed by atoms with Crippen molar-refractivity contribution in [3.05, 3.63) is 82.9 Å². The minimum Gasteiger partial charge on any atom is -0.489 e. The van der Waals surface area contributed by atoms with Gasteiger partial charge in [0.25, 0.3) is 0 Å². The highest BCUT2D eigenvalue weighted by atomic mass is 19.1. The molecule has 1 N–H and O–H groups in total. The van der Waals surface area contributed by atoms with Gasteiger partial charge >= 0.3 is 5.97 Å². The van der Waals surface area contributed by atoms with E-state index in [1.807, 2.05) is 18.2 Å². The van der Waals surface area contributed by atoms with Gasteiger partial charge in [-0.1, -0.05) is 39.0 Å². The van der Waals surface area contributed by atoms with E-state index >= 15 is 0 Å². The zero-order valence-electron chi connectivity index (χ0n) is 21.9. The predicted molar refractivity (Wildman–Crippen MR) is 140 cm³/mol. The molecule has 1 heterocycles. The number of aliphatic carboxylic acids is 1. The van der Waals surface area contributed by atoms with Crippen molar-refractivity contribution in [3.8, 4) is 16.9 Å². The number of carboxylic acid groups (broad SMARTS) is 1. The fraction of sp³-hybridized carbons (Fsp3) is 0.419. The molecule has 0 bridgehead atoms. The van der Waals surface area contributed by atoms with Gasteiger partial charge in [0.05, 0.1) is 18.2 Å². The molecule has 0 aliphatic heterocycles. The molecule has 0 unspecified atom stereocenters. The maximum atomic E-state index is 14.0. The summed E-state index contributed by atoms with van der Waals surface area (Å²) in [6.07, 6.45) is 6.28. The number of aromatic nitrogens is 1. The molecule has 1 aromatic heterocycles. The van der Waals surface area contributed by atoms with Gasteiger partial charge in [-0.3, -0.25) is 9.78 Å². The van der Waals surface area contributed by atoms with Crippen molar-refractivity contribution in [2.75, 3.05) is 7.11 Å². The van der Waals surface area contributed by atoms with E-state index in [2.05, 4.69) is 44.0 Å². The van der Waals surface area contributed by atoms with E-state index < -0.39 is 5.97 Å². The molecule has 6 heteroatoms. The summed E-state index contributed by atoms with van der Waals surface area (Å²) in [7, 11) is 1.69. The molecule has 37 heavy (non-hydrogen) atoms. The monoisotopic (exact) mass is 503 g/mol. The first kappa shape index (κ1) is 25.4. The van der Waals surface area contributed by atoms with Crippen LogP contribution in [0.15, 0.2) is 54.9 Å². The first-order chi connectivity index (χ1) is 17.6. The molecule has 194 valence electrons. The lowest BCUT2D eigenvalue weighted by molar-refractivity contribution is -0.139. The molecular weight excluding hydrogens is 469 g/mol. The summed E-state index contributed by atoms with van der Waals surface area (Å²) >= 11 is 0. The number of fused-ring (bicyclic) bond motifs is 2. The molecule has 0 amide bonds. The molecule has 5 nitrogen and oxygen atoms in total. The Bertz CT molecular complexity index is 1330. The SMILES string of the molecule is CO[C@@H](c1cc(COc2ccc3c(c2)[C@]2(CCC3)C[C@H]2C(=O)O)ccc1-c1cncc(F)c1)C(C)(C)C. The molecular formula is C31H34FNO4. The zero-order valence-corrected chi connectivity index (χ0v) is 21.9. The van der Waals surface area contributed by atoms with Gasteiger partial charge in [-0.15, -0.1) is 0 Å². The number of aryl methyl sites for hydroxylation is 1. The van der Waals surface area contributed by atoms with Gasteiger partial charge in [0.2, 0.25) is 0 Å². The Morgan fingerprint density at radius 2 is 2.00 bits per heavy atom. The molecule has 5 rings (SSSR count). The Kier molecular flexibility index (Phi) is 6.57. The van der Waals surface area contributed by atoms with E-state index in [4.69, 9.17) is 9.47 Å². The van der Waals surface area contributed by atoms with Gasteiger partial charge in [0.1, 0.15) is 18.2 Å². The summed E-state index contributed by atoms with van der Waals surface area (Å²) in [5.41, 5.74) is 5.46. The van der Waals surface area contributed by atoms with E-state index in [9.17, 15) is 14.3 Å². The average Bonchev–Trinajstić information content (AvgIpc) is 3.58. The number of carbonyl (C=O) groups is 1. The Balaban J connectivity index is 1.44. The third-order valence-electron chi connectivity index (χ3n) is 7.90. The van der Waals surface area contributed by atoms with Crippen LogP contribution in [0.4, 0.5) is 4.39 Å². The lowest BCUT2D eigenvalue weighted by Gasteiger charge is -2.31. The van der Waals surface area contributed by atoms with Gasteiger partial charge in [-0.25, -0.2) is 4.39 Å². The highest BCUT2D eigenvalue weighted by Crippen LogP contribution is 2.60. The summed E-state index contributed by atoms with van der Waals surface area (Å²) in [4.78, 5) is 15.7. The molecule has 3 aromatic rings. The number of nitrogens with zero attached hydrogens (tertiary/aromatic N) is 1. The molecule has 0 radical (unpaired) electrons. The number of carboxylic acids is 1. The van der Waals surface area contributed by atoms with E-state index in [1.165, 1.54) is 17.8 Å². The quantitative estimate of drug-likeness (QED) is 0.381. The maximum absolute atomic E-state index is 14.0. The number of benzene rings is 2. The second kappa shape index (κ2) is 9.56. The Hall–Kier alpha value is -3.25. The van der Waals surface area contributed by atoms with Crippen molar-refractivity contribution in [1.29, 1.82) is 0 Å². The number of hydrogen-bond donors (Lipinski definition) is 1. The number of pyridine rings is 1. The minimum absolute atomic E-state index is 0.193. The second-order valence-electron chi connectivity index (χ2n) is 11.5. The fourth-order valence-electron chi connectivity index (χ4n) is 6.11. The smallest absolute Gasteiger partial charge is 0.307 e. The Labute approximate surface area is 217 Å². The van der Waals surface area contributed by atoms with Crippen LogP contribution in [0.3, 0.4) is 0 Å². The molecule has 0 saturated heterocycles. The fourth-order valence-corrected chi connectivity index (χ4v) is 6.11. The van der Waals surface area contributed by atoms with Crippen LogP contribution in [0.1, 0.15) is 68.4 Å². The van der Waals surface area contributed by atoms with Gasteiger partial charge in [-0.2, -0.15) is 0 Å². The first-order valence-electron chi connectivity index (χ1n) is 12.9. The van der Waals surface area contributed by atoms with Crippen molar-refractivity contribution in [1.82, 2.24) is 4.98 Å². The van der Waals surface area contributed by atoms with Crippen LogP contribution in [-0.4, -0.2) is 23.2 Å². The first-order valence-corrected chi connectivity index (χ1v) is 12.9. The maximum Gasteiger partial charge on any atom is 0.307 e. The summed E-state index contributed by atoms with van der Waals surface area (Å²) in [5, 5.41) is 9.62. The van der Waals surface area contributed by atoms with Crippen LogP contribution in [0.25, 0.3) is 11.1 Å². The molecule has 3 atom stereocenters. The van der Waals surface area contributed by atoms with E-state index in [1.54, 1.807) is 13.3 Å². The summed E-state index contributed by atoms with van der Waals surface area (Å²) in [6, 6.07) is 13.7. The Morgan fingerprint density at radius 3 is 2.68 bits per heavy atom. The lowest BCUT2D eigenvalue weighted by Crippen LogP contribution is -2.21. The highest BCUT2D eigenvalue weighted by Gasteiger charge is 2.60. The van der Waals surface area contributed by atoms with Crippen molar-refractivity contribution in [2.24, 2.45) is 11.3 Å².